The molecule has 0 radical (unpaired) electrons. The van der Waals surface area contributed by atoms with E-state index in [1.54, 1.807) is 6.92 Å². The lowest BCUT2D eigenvalue weighted by Gasteiger charge is -2.32. The van der Waals surface area contributed by atoms with Crippen molar-refractivity contribution in [3.63, 3.8) is 0 Å². The van der Waals surface area contributed by atoms with Crippen LogP contribution in [0.5, 0.6) is 0 Å². The van der Waals surface area contributed by atoms with Crippen molar-refractivity contribution in [2.75, 3.05) is 25.0 Å². The van der Waals surface area contributed by atoms with Gasteiger partial charge in [-0.3, -0.25) is 14.5 Å². The fraction of sp³-hybridized carbons (Fsp3) is 0.538. The Morgan fingerprint density at radius 1 is 1.48 bits per heavy atom. The topological polar surface area (TPSA) is 101 Å². The number of carbonyl (C=O) groups excluding carboxylic acids is 2. The van der Waals surface area contributed by atoms with Crippen molar-refractivity contribution in [2.45, 2.75) is 25.8 Å². The SMILES string of the molecule is Cc1nc(Cl)c(C=O)c(NC2CCN(CC(N)=O)CC2)n1. The molecule has 1 saturated heterocycles. The lowest BCUT2D eigenvalue weighted by molar-refractivity contribution is -0.119. The van der Waals surface area contributed by atoms with Crippen LogP contribution >= 0.6 is 11.6 Å². The maximum absolute atomic E-state index is 11.1. The molecule has 2 rings (SSSR count). The molecular weight excluding hydrogens is 294 g/mol. The van der Waals surface area contributed by atoms with Crippen molar-refractivity contribution >= 4 is 29.6 Å². The number of amides is 1. The third-order valence-corrected chi connectivity index (χ3v) is 3.72. The number of nitrogens with two attached hydrogens (primary N) is 1. The van der Waals surface area contributed by atoms with Gasteiger partial charge in [0.25, 0.3) is 0 Å². The summed E-state index contributed by atoms with van der Waals surface area (Å²) in [6.45, 7) is 3.55. The number of hydrogen-bond donors (Lipinski definition) is 2. The maximum Gasteiger partial charge on any atom is 0.231 e. The van der Waals surface area contributed by atoms with Gasteiger partial charge in [0.15, 0.2) is 6.29 Å². The van der Waals surface area contributed by atoms with Gasteiger partial charge in [-0.2, -0.15) is 0 Å². The Balaban J connectivity index is 2.00. The van der Waals surface area contributed by atoms with Gasteiger partial charge in [-0.05, 0) is 19.8 Å². The number of anilines is 1. The van der Waals surface area contributed by atoms with Gasteiger partial charge in [0.1, 0.15) is 16.8 Å². The molecule has 1 aliphatic heterocycles. The fourth-order valence-corrected chi connectivity index (χ4v) is 2.67. The molecule has 1 aliphatic rings. The summed E-state index contributed by atoms with van der Waals surface area (Å²) in [4.78, 5) is 32.2. The number of aryl methyl sites for hydroxylation is 1. The monoisotopic (exact) mass is 311 g/mol. The van der Waals surface area contributed by atoms with E-state index in [0.717, 1.165) is 25.9 Å². The predicted octanol–water partition coefficient (Wildman–Crippen LogP) is 0.613. The molecule has 114 valence electrons. The molecule has 0 aliphatic carbocycles. The molecule has 0 aromatic carbocycles. The summed E-state index contributed by atoms with van der Waals surface area (Å²) in [6.07, 6.45) is 2.34. The molecule has 0 bridgehead atoms. The zero-order valence-electron chi connectivity index (χ0n) is 11.8. The number of halogens is 1. The summed E-state index contributed by atoms with van der Waals surface area (Å²) in [5.41, 5.74) is 5.47. The van der Waals surface area contributed by atoms with Crippen LogP contribution in [0.25, 0.3) is 0 Å². The quantitative estimate of drug-likeness (QED) is 0.610. The minimum Gasteiger partial charge on any atom is -0.369 e. The molecule has 7 nitrogen and oxygen atoms in total. The van der Waals surface area contributed by atoms with Crippen LogP contribution < -0.4 is 11.1 Å². The van der Waals surface area contributed by atoms with Crippen molar-refractivity contribution in [3.8, 4) is 0 Å². The number of nitrogens with one attached hydrogen (secondary N) is 1. The van der Waals surface area contributed by atoms with E-state index in [9.17, 15) is 9.59 Å². The first kappa shape index (κ1) is 15.7. The van der Waals surface area contributed by atoms with Gasteiger partial charge in [-0.15, -0.1) is 0 Å². The average Bonchev–Trinajstić information content (AvgIpc) is 2.40. The van der Waals surface area contributed by atoms with E-state index >= 15 is 0 Å². The van der Waals surface area contributed by atoms with Crippen LogP contribution in [0, 0.1) is 6.92 Å². The number of hydrogen-bond acceptors (Lipinski definition) is 6. The number of aldehydes is 1. The molecule has 1 amide bonds. The average molecular weight is 312 g/mol. The molecule has 0 atom stereocenters. The highest BCUT2D eigenvalue weighted by Crippen LogP contribution is 2.22. The van der Waals surface area contributed by atoms with Crippen molar-refractivity contribution in [1.29, 1.82) is 0 Å². The molecule has 2 heterocycles. The maximum atomic E-state index is 11.1. The zero-order chi connectivity index (χ0) is 15.4. The van der Waals surface area contributed by atoms with E-state index in [2.05, 4.69) is 15.3 Å². The van der Waals surface area contributed by atoms with Crippen molar-refractivity contribution < 1.29 is 9.59 Å². The van der Waals surface area contributed by atoms with Crippen molar-refractivity contribution in [1.82, 2.24) is 14.9 Å². The van der Waals surface area contributed by atoms with Gasteiger partial charge >= 0.3 is 0 Å². The van der Waals surface area contributed by atoms with Gasteiger partial charge in [-0.1, -0.05) is 11.6 Å². The third-order valence-electron chi connectivity index (χ3n) is 3.44. The second-order valence-electron chi connectivity index (χ2n) is 5.10. The summed E-state index contributed by atoms with van der Waals surface area (Å²) in [5.74, 6) is 0.665. The fourth-order valence-electron chi connectivity index (χ4n) is 2.41. The van der Waals surface area contributed by atoms with Crippen LogP contribution in [0.3, 0.4) is 0 Å². The number of likely N-dealkylation sites (tertiary alicyclic amines) is 1. The van der Waals surface area contributed by atoms with Crippen LogP contribution in [0.15, 0.2) is 0 Å². The Labute approximate surface area is 127 Å². The standard InChI is InChI=1S/C13H18ClN5O2/c1-8-16-12(14)10(7-20)13(17-8)18-9-2-4-19(5-3-9)6-11(15)21/h7,9H,2-6H2,1H3,(H2,15,21)(H,16,17,18). The molecular formula is C13H18ClN5O2. The molecule has 1 fully saturated rings. The second kappa shape index (κ2) is 6.82. The van der Waals surface area contributed by atoms with Crippen molar-refractivity contribution in [2.24, 2.45) is 5.73 Å². The number of primary amides is 1. The molecule has 1 aromatic rings. The number of carbonyl (C=O) groups is 2. The number of aromatic nitrogens is 2. The number of nitrogens with zero attached hydrogens (tertiary/aromatic N) is 3. The largest absolute Gasteiger partial charge is 0.369 e. The molecule has 21 heavy (non-hydrogen) atoms. The van der Waals surface area contributed by atoms with Crippen molar-refractivity contribution in [3.05, 3.63) is 16.5 Å². The van der Waals surface area contributed by atoms with E-state index in [0.29, 0.717) is 17.9 Å². The molecule has 0 unspecified atom stereocenters. The minimum absolute atomic E-state index is 0.158. The second-order valence-corrected chi connectivity index (χ2v) is 5.46. The molecule has 1 aromatic heterocycles. The Kier molecular flexibility index (Phi) is 5.08. The zero-order valence-corrected chi connectivity index (χ0v) is 12.6. The lowest BCUT2D eigenvalue weighted by atomic mass is 10.0. The Morgan fingerprint density at radius 2 is 2.14 bits per heavy atom. The van der Waals surface area contributed by atoms with Gasteiger partial charge in [0.05, 0.1) is 12.1 Å². The van der Waals surface area contributed by atoms with Gasteiger partial charge < -0.3 is 11.1 Å². The minimum atomic E-state index is -0.317. The number of piperidine rings is 1. The van der Waals surface area contributed by atoms with Crippen LogP contribution in [0.4, 0.5) is 5.82 Å². The van der Waals surface area contributed by atoms with Crippen LogP contribution in [-0.4, -0.2) is 52.7 Å². The summed E-state index contributed by atoms with van der Waals surface area (Å²) in [6, 6.07) is 0.179. The first-order chi connectivity index (χ1) is 9.99. The first-order valence-corrected chi connectivity index (χ1v) is 7.14. The molecule has 0 spiro atoms. The predicted molar refractivity (Wildman–Crippen MR) is 79.4 cm³/mol. The van der Waals surface area contributed by atoms with E-state index in [1.165, 1.54) is 0 Å². The number of rotatable bonds is 5. The summed E-state index contributed by atoms with van der Waals surface area (Å²) < 4.78 is 0. The highest BCUT2D eigenvalue weighted by Gasteiger charge is 2.22. The van der Waals surface area contributed by atoms with Crippen LogP contribution in [-0.2, 0) is 4.79 Å². The normalized spacial score (nSPS) is 16.7. The van der Waals surface area contributed by atoms with Crippen LogP contribution in [0.1, 0.15) is 29.0 Å². The van der Waals surface area contributed by atoms with E-state index < -0.39 is 0 Å². The summed E-state index contributed by atoms with van der Waals surface area (Å²) >= 11 is 5.95. The highest BCUT2D eigenvalue weighted by molar-refractivity contribution is 6.32. The smallest absolute Gasteiger partial charge is 0.231 e. The Bertz CT molecular complexity index is 544. The van der Waals surface area contributed by atoms with Gasteiger partial charge in [-0.25, -0.2) is 9.97 Å². The first-order valence-electron chi connectivity index (χ1n) is 6.76. The summed E-state index contributed by atoms with van der Waals surface area (Å²) in [5, 5.41) is 3.40. The van der Waals surface area contributed by atoms with Crippen LogP contribution in [0.2, 0.25) is 5.15 Å². The molecule has 8 heteroatoms. The van der Waals surface area contributed by atoms with Gasteiger partial charge in [0.2, 0.25) is 5.91 Å². The Morgan fingerprint density at radius 3 is 2.71 bits per heavy atom. The highest BCUT2D eigenvalue weighted by atomic mass is 35.5. The summed E-state index contributed by atoms with van der Waals surface area (Å²) in [7, 11) is 0. The molecule has 0 saturated carbocycles. The van der Waals surface area contributed by atoms with Gasteiger partial charge in [0, 0.05) is 19.1 Å². The Hall–Kier alpha value is -1.73. The molecule has 3 N–H and O–H groups in total. The van der Waals surface area contributed by atoms with E-state index in [1.807, 2.05) is 4.90 Å². The third kappa shape index (κ3) is 4.12. The lowest BCUT2D eigenvalue weighted by Crippen LogP contribution is -2.43. The van der Waals surface area contributed by atoms with E-state index in [4.69, 9.17) is 17.3 Å². The van der Waals surface area contributed by atoms with E-state index in [-0.39, 0.29) is 29.2 Å².